The van der Waals surface area contributed by atoms with E-state index >= 15 is 0 Å². The van der Waals surface area contributed by atoms with Gasteiger partial charge in [0.2, 0.25) is 0 Å². The Balaban J connectivity index is 2.48. The van der Waals surface area contributed by atoms with Crippen molar-refractivity contribution in [2.75, 3.05) is 0 Å². The van der Waals surface area contributed by atoms with E-state index in [9.17, 15) is 4.79 Å². The molecule has 0 fully saturated rings. The van der Waals surface area contributed by atoms with Crippen LogP contribution in [0.5, 0.6) is 0 Å². The third-order valence-electron chi connectivity index (χ3n) is 2.75. The van der Waals surface area contributed by atoms with Gasteiger partial charge < -0.3 is 0 Å². The molecule has 0 atom stereocenters. The number of aryl methyl sites for hydroxylation is 1. The smallest absolute Gasteiger partial charge is 0.263 e. The zero-order valence-corrected chi connectivity index (χ0v) is 11.5. The highest BCUT2D eigenvalue weighted by Crippen LogP contribution is 2.04. The van der Waals surface area contributed by atoms with Gasteiger partial charge in [-0.25, -0.2) is 0 Å². The van der Waals surface area contributed by atoms with E-state index in [-0.39, 0.29) is 11.9 Å². The molecule has 0 N–H and O–H groups in total. The average molecular weight is 254 g/mol. The van der Waals surface area contributed by atoms with E-state index < -0.39 is 0 Å². The fraction of sp³-hybridized carbons (Fsp3) is 0.250. The van der Waals surface area contributed by atoms with Crippen LogP contribution in [0.25, 0.3) is 0 Å². The Kier molecular flexibility index (Phi) is 3.95. The van der Waals surface area contributed by atoms with Gasteiger partial charge in [-0.1, -0.05) is 23.8 Å². The first-order valence-corrected chi connectivity index (χ1v) is 6.41. The topological polar surface area (TPSA) is 34.4 Å². The molecule has 2 rings (SSSR count). The van der Waals surface area contributed by atoms with Crippen LogP contribution in [-0.2, 0) is 0 Å². The van der Waals surface area contributed by atoms with Crippen LogP contribution in [0, 0.1) is 6.92 Å². The molecule has 0 aliphatic heterocycles. The number of carbonyl (C=O) groups excluding carboxylic acids is 1. The Morgan fingerprint density at radius 3 is 2.42 bits per heavy atom. The van der Waals surface area contributed by atoms with Crippen molar-refractivity contribution >= 4 is 5.91 Å². The van der Waals surface area contributed by atoms with Crippen molar-refractivity contribution < 1.29 is 4.79 Å². The first-order chi connectivity index (χ1) is 9.08. The first kappa shape index (κ1) is 13.3. The number of nitrogens with zero attached hydrogens (tertiary/aromatic N) is 2. The van der Waals surface area contributed by atoms with Gasteiger partial charge in [-0.2, -0.15) is 0 Å². The Bertz CT molecular complexity index is 636. The molecular formula is C16H18N2O. The highest BCUT2D eigenvalue weighted by atomic mass is 16.2. The lowest BCUT2D eigenvalue weighted by Gasteiger charge is -2.07. The minimum atomic E-state index is -0.0556. The molecule has 1 aromatic heterocycles. The van der Waals surface area contributed by atoms with Gasteiger partial charge in [0, 0.05) is 17.8 Å². The predicted octanol–water partition coefficient (Wildman–Crippen LogP) is 2.79. The number of hydrogen-bond acceptors (Lipinski definition) is 2. The number of pyridine rings is 1. The van der Waals surface area contributed by atoms with Crippen LogP contribution in [0.2, 0.25) is 0 Å². The lowest BCUT2D eigenvalue weighted by molar-refractivity contribution is 0.0954. The SMILES string of the molecule is Cc1ccc(C(=O)n2ccccc2=NC(C)C)cc1. The summed E-state index contributed by atoms with van der Waals surface area (Å²) in [5.41, 5.74) is 2.49. The molecule has 0 bridgehead atoms. The van der Waals surface area contributed by atoms with Crippen LogP contribution in [0.1, 0.15) is 29.8 Å². The van der Waals surface area contributed by atoms with Crippen molar-refractivity contribution in [3.63, 3.8) is 0 Å². The van der Waals surface area contributed by atoms with Gasteiger partial charge in [0.1, 0.15) is 5.49 Å². The Morgan fingerprint density at radius 2 is 1.79 bits per heavy atom. The molecule has 0 aliphatic carbocycles. The van der Waals surface area contributed by atoms with E-state index in [1.54, 1.807) is 10.8 Å². The molecule has 0 unspecified atom stereocenters. The van der Waals surface area contributed by atoms with E-state index in [4.69, 9.17) is 0 Å². The molecule has 1 heterocycles. The largest absolute Gasteiger partial charge is 0.268 e. The van der Waals surface area contributed by atoms with Crippen molar-refractivity contribution in [3.8, 4) is 0 Å². The zero-order chi connectivity index (χ0) is 13.8. The second-order valence-electron chi connectivity index (χ2n) is 4.82. The fourth-order valence-electron chi connectivity index (χ4n) is 1.81. The second-order valence-corrected chi connectivity index (χ2v) is 4.82. The van der Waals surface area contributed by atoms with E-state index in [0.29, 0.717) is 11.1 Å². The van der Waals surface area contributed by atoms with E-state index in [1.165, 1.54) is 0 Å². The number of benzene rings is 1. The van der Waals surface area contributed by atoms with Gasteiger partial charge in [-0.3, -0.25) is 14.4 Å². The van der Waals surface area contributed by atoms with Crippen LogP contribution in [0.15, 0.2) is 53.7 Å². The zero-order valence-electron chi connectivity index (χ0n) is 11.5. The van der Waals surface area contributed by atoms with Crippen LogP contribution in [-0.4, -0.2) is 16.5 Å². The molecule has 0 spiro atoms. The number of aromatic nitrogens is 1. The Hall–Kier alpha value is -2.16. The van der Waals surface area contributed by atoms with E-state index in [2.05, 4.69) is 4.99 Å². The highest BCUT2D eigenvalue weighted by molar-refractivity contribution is 5.95. The second kappa shape index (κ2) is 5.65. The summed E-state index contributed by atoms with van der Waals surface area (Å²) in [6.07, 6.45) is 1.75. The Morgan fingerprint density at radius 1 is 1.11 bits per heavy atom. The van der Waals surface area contributed by atoms with Crippen molar-refractivity contribution in [3.05, 3.63) is 65.3 Å². The van der Waals surface area contributed by atoms with Gasteiger partial charge in [-0.05, 0) is 45.0 Å². The molecule has 2 aromatic rings. The van der Waals surface area contributed by atoms with Gasteiger partial charge in [-0.15, -0.1) is 0 Å². The number of carbonyl (C=O) groups is 1. The maximum Gasteiger partial charge on any atom is 0.263 e. The minimum Gasteiger partial charge on any atom is -0.268 e. The molecule has 3 nitrogen and oxygen atoms in total. The maximum atomic E-state index is 12.5. The lowest BCUT2D eigenvalue weighted by Crippen LogP contribution is -2.28. The maximum absolute atomic E-state index is 12.5. The highest BCUT2D eigenvalue weighted by Gasteiger charge is 2.08. The molecule has 0 amide bonds. The molecule has 0 saturated heterocycles. The summed E-state index contributed by atoms with van der Waals surface area (Å²) in [6.45, 7) is 5.99. The molecule has 3 heteroatoms. The van der Waals surface area contributed by atoms with Crippen LogP contribution >= 0.6 is 0 Å². The molecule has 0 aliphatic rings. The summed E-state index contributed by atoms with van der Waals surface area (Å²) in [4.78, 5) is 16.9. The predicted molar refractivity (Wildman–Crippen MR) is 76.0 cm³/mol. The molecule has 19 heavy (non-hydrogen) atoms. The molecule has 98 valence electrons. The average Bonchev–Trinajstić information content (AvgIpc) is 2.39. The number of rotatable bonds is 2. The standard InChI is InChI=1S/C16H18N2O/c1-12(2)17-15-6-4-5-11-18(15)16(19)14-9-7-13(3)8-10-14/h4-12H,1-3H3. The summed E-state index contributed by atoms with van der Waals surface area (Å²) in [5.74, 6) is -0.0556. The van der Waals surface area contributed by atoms with Crippen LogP contribution in [0.3, 0.4) is 0 Å². The van der Waals surface area contributed by atoms with Crippen molar-refractivity contribution in [2.45, 2.75) is 26.8 Å². The third kappa shape index (κ3) is 3.19. The summed E-state index contributed by atoms with van der Waals surface area (Å²) in [7, 11) is 0. The summed E-state index contributed by atoms with van der Waals surface area (Å²) < 4.78 is 1.59. The quantitative estimate of drug-likeness (QED) is 0.811. The summed E-state index contributed by atoms with van der Waals surface area (Å²) in [5, 5.41) is 0. The van der Waals surface area contributed by atoms with E-state index in [0.717, 1.165) is 5.56 Å². The number of hydrogen-bond donors (Lipinski definition) is 0. The Labute approximate surface area is 113 Å². The summed E-state index contributed by atoms with van der Waals surface area (Å²) in [6, 6.07) is 13.3. The van der Waals surface area contributed by atoms with Crippen LogP contribution < -0.4 is 5.49 Å². The van der Waals surface area contributed by atoms with Gasteiger partial charge in [0.05, 0.1) is 0 Å². The van der Waals surface area contributed by atoms with E-state index in [1.807, 2.05) is 63.2 Å². The summed E-state index contributed by atoms with van der Waals surface area (Å²) >= 11 is 0. The van der Waals surface area contributed by atoms with Crippen molar-refractivity contribution in [1.29, 1.82) is 0 Å². The van der Waals surface area contributed by atoms with Gasteiger partial charge in [0.25, 0.3) is 5.91 Å². The third-order valence-corrected chi connectivity index (χ3v) is 2.75. The molecule has 1 aromatic carbocycles. The minimum absolute atomic E-state index is 0.0556. The molecular weight excluding hydrogens is 236 g/mol. The fourth-order valence-corrected chi connectivity index (χ4v) is 1.81. The van der Waals surface area contributed by atoms with Crippen molar-refractivity contribution in [1.82, 2.24) is 4.57 Å². The molecule has 0 saturated carbocycles. The van der Waals surface area contributed by atoms with Crippen LogP contribution in [0.4, 0.5) is 0 Å². The van der Waals surface area contributed by atoms with Crippen molar-refractivity contribution in [2.24, 2.45) is 4.99 Å². The van der Waals surface area contributed by atoms with Gasteiger partial charge in [0.15, 0.2) is 0 Å². The normalized spacial score (nSPS) is 11.9. The first-order valence-electron chi connectivity index (χ1n) is 6.41. The monoisotopic (exact) mass is 254 g/mol. The molecule has 0 radical (unpaired) electrons. The van der Waals surface area contributed by atoms with Gasteiger partial charge >= 0.3 is 0 Å². The lowest BCUT2D eigenvalue weighted by atomic mass is 10.1.